The second-order valence-corrected chi connectivity index (χ2v) is 8.41. The Kier molecular flexibility index (Phi) is 5.85. The van der Waals surface area contributed by atoms with Crippen LogP contribution in [0.5, 0.6) is 0 Å². The molecule has 0 saturated carbocycles. The molecule has 166 valence electrons. The third-order valence-corrected chi connectivity index (χ3v) is 6.02. The number of carbonyl (C=O) groups is 1. The molecule has 7 heteroatoms. The Balaban J connectivity index is 1.22. The number of nitrogens with zero attached hydrogens (tertiary/aromatic N) is 4. The van der Waals surface area contributed by atoms with E-state index in [1.165, 1.54) is 12.8 Å². The summed E-state index contributed by atoms with van der Waals surface area (Å²) in [4.78, 5) is 28.1. The van der Waals surface area contributed by atoms with E-state index in [9.17, 15) is 4.79 Å². The highest BCUT2D eigenvalue weighted by Crippen LogP contribution is 2.21. The molecular weight excluding hydrogens is 412 g/mol. The summed E-state index contributed by atoms with van der Waals surface area (Å²) in [7, 11) is 0. The molecule has 4 heterocycles. The summed E-state index contributed by atoms with van der Waals surface area (Å²) >= 11 is 0. The normalized spacial score (nSPS) is 13.4. The molecule has 5 rings (SSSR count). The smallest absolute Gasteiger partial charge is 0.253 e. The summed E-state index contributed by atoms with van der Waals surface area (Å²) in [6, 6.07) is 13.9. The second-order valence-electron chi connectivity index (χ2n) is 8.41. The second kappa shape index (κ2) is 9.24. The summed E-state index contributed by atoms with van der Waals surface area (Å²) in [5, 5.41) is 4.89. The van der Waals surface area contributed by atoms with Gasteiger partial charge in [0.25, 0.3) is 5.91 Å². The summed E-state index contributed by atoms with van der Waals surface area (Å²) < 4.78 is 0. The van der Waals surface area contributed by atoms with Crippen molar-refractivity contribution in [2.45, 2.75) is 25.8 Å². The Labute approximate surface area is 192 Å². The van der Waals surface area contributed by atoms with Crippen molar-refractivity contribution in [2.24, 2.45) is 0 Å². The Bertz CT molecular complexity index is 1280. The van der Waals surface area contributed by atoms with Gasteiger partial charge in [0.05, 0.1) is 5.56 Å². The van der Waals surface area contributed by atoms with Crippen LogP contribution in [0.4, 0.5) is 11.6 Å². The molecule has 3 aromatic heterocycles. The zero-order chi connectivity index (χ0) is 22.6. The monoisotopic (exact) mass is 438 g/mol. The summed E-state index contributed by atoms with van der Waals surface area (Å²) in [5.74, 6) is 1.39. The number of fused-ring (bicyclic) bond motifs is 1. The van der Waals surface area contributed by atoms with Crippen molar-refractivity contribution in [1.82, 2.24) is 20.3 Å². The molecule has 0 atom stereocenters. The van der Waals surface area contributed by atoms with Crippen LogP contribution < -0.4 is 16.0 Å². The molecule has 1 aromatic carbocycles. The Hall–Kier alpha value is -4.00. The minimum Gasteiger partial charge on any atom is -0.383 e. The number of hydrogen-bond donors (Lipinski definition) is 2. The van der Waals surface area contributed by atoms with Crippen LogP contribution in [-0.2, 0) is 13.0 Å². The first-order valence-corrected chi connectivity index (χ1v) is 11.2. The van der Waals surface area contributed by atoms with Crippen LogP contribution in [0, 0.1) is 0 Å². The highest BCUT2D eigenvalue weighted by molar-refractivity contribution is 5.94. The van der Waals surface area contributed by atoms with Crippen LogP contribution in [0.1, 0.15) is 39.9 Å². The lowest BCUT2D eigenvalue weighted by atomic mass is 10.1. The van der Waals surface area contributed by atoms with Gasteiger partial charge < -0.3 is 16.0 Å². The number of nitrogens with two attached hydrogens (primary N) is 1. The maximum Gasteiger partial charge on any atom is 0.253 e. The Morgan fingerprint density at radius 3 is 2.61 bits per heavy atom. The molecule has 1 aliphatic rings. The summed E-state index contributed by atoms with van der Waals surface area (Å²) in [6.45, 7) is 2.58. The zero-order valence-corrected chi connectivity index (χ0v) is 18.4. The summed E-state index contributed by atoms with van der Waals surface area (Å²) in [5.41, 5.74) is 9.53. The van der Waals surface area contributed by atoms with Gasteiger partial charge in [-0.05, 0) is 59.2 Å². The number of pyridine rings is 3. The lowest BCUT2D eigenvalue weighted by Crippen LogP contribution is -2.23. The number of hydrogen-bond acceptors (Lipinski definition) is 6. The number of nitrogen functional groups attached to an aromatic ring is 1. The molecule has 7 nitrogen and oxygen atoms in total. The Morgan fingerprint density at radius 2 is 1.79 bits per heavy atom. The number of benzene rings is 1. The minimum atomic E-state index is -0.152. The quantitative estimate of drug-likeness (QED) is 0.476. The first-order valence-electron chi connectivity index (χ1n) is 11.2. The molecule has 1 fully saturated rings. The zero-order valence-electron chi connectivity index (χ0n) is 18.4. The number of anilines is 2. The van der Waals surface area contributed by atoms with E-state index in [0.29, 0.717) is 24.3 Å². The van der Waals surface area contributed by atoms with E-state index in [4.69, 9.17) is 5.73 Å². The average molecular weight is 439 g/mol. The van der Waals surface area contributed by atoms with Gasteiger partial charge in [0, 0.05) is 56.2 Å². The fourth-order valence-electron chi connectivity index (χ4n) is 4.24. The minimum absolute atomic E-state index is 0.152. The first kappa shape index (κ1) is 20.9. The molecule has 1 aliphatic heterocycles. The average Bonchev–Trinajstić information content (AvgIpc) is 3.38. The third-order valence-electron chi connectivity index (χ3n) is 6.02. The van der Waals surface area contributed by atoms with Crippen molar-refractivity contribution in [2.75, 3.05) is 23.7 Å². The van der Waals surface area contributed by atoms with Crippen molar-refractivity contribution < 1.29 is 4.79 Å². The standard InChI is InChI=1S/C26H26N6O/c27-25-23-5-3-19(12-21(23)7-8-29-25)16-31-26(33)22-13-20(14-28-17-22)11-18-4-6-24(30-15-18)32-9-1-2-10-32/h3-8,12-15,17H,1-2,9-11,16H2,(H2,27,29)(H,31,33). The van der Waals surface area contributed by atoms with Crippen LogP contribution in [0.2, 0.25) is 0 Å². The van der Waals surface area contributed by atoms with E-state index < -0.39 is 0 Å². The number of aromatic nitrogens is 3. The molecule has 0 unspecified atom stereocenters. The maximum absolute atomic E-state index is 12.7. The molecule has 4 aromatic rings. The molecule has 3 N–H and O–H groups in total. The van der Waals surface area contributed by atoms with Gasteiger partial charge in [-0.2, -0.15) is 0 Å². The van der Waals surface area contributed by atoms with E-state index in [1.807, 2.05) is 36.5 Å². The predicted molar refractivity (Wildman–Crippen MR) is 130 cm³/mol. The van der Waals surface area contributed by atoms with Crippen molar-refractivity contribution in [3.63, 3.8) is 0 Å². The number of carbonyl (C=O) groups excluding carboxylic acids is 1. The largest absolute Gasteiger partial charge is 0.383 e. The highest BCUT2D eigenvalue weighted by atomic mass is 16.1. The van der Waals surface area contributed by atoms with E-state index in [1.54, 1.807) is 18.6 Å². The fourth-order valence-corrected chi connectivity index (χ4v) is 4.24. The van der Waals surface area contributed by atoms with Crippen molar-refractivity contribution in [1.29, 1.82) is 0 Å². The third kappa shape index (κ3) is 4.77. The number of amides is 1. The molecule has 0 aliphatic carbocycles. The van der Waals surface area contributed by atoms with E-state index in [-0.39, 0.29) is 5.91 Å². The predicted octanol–water partition coefficient (Wildman–Crippen LogP) is 3.73. The van der Waals surface area contributed by atoms with E-state index in [2.05, 4.69) is 37.3 Å². The van der Waals surface area contributed by atoms with Crippen LogP contribution in [-0.4, -0.2) is 33.9 Å². The summed E-state index contributed by atoms with van der Waals surface area (Å²) in [6.07, 6.45) is 10.2. The molecule has 1 amide bonds. The molecule has 0 bridgehead atoms. The molecule has 0 radical (unpaired) electrons. The van der Waals surface area contributed by atoms with Gasteiger partial charge in [-0.3, -0.25) is 9.78 Å². The maximum atomic E-state index is 12.7. The van der Waals surface area contributed by atoms with Gasteiger partial charge in [-0.1, -0.05) is 18.2 Å². The van der Waals surface area contributed by atoms with Gasteiger partial charge in [-0.25, -0.2) is 9.97 Å². The lowest BCUT2D eigenvalue weighted by molar-refractivity contribution is 0.0950. The first-order chi connectivity index (χ1) is 16.2. The van der Waals surface area contributed by atoms with E-state index in [0.717, 1.165) is 46.4 Å². The fraction of sp³-hybridized carbons (Fsp3) is 0.231. The molecule has 33 heavy (non-hydrogen) atoms. The Morgan fingerprint density at radius 1 is 0.939 bits per heavy atom. The highest BCUT2D eigenvalue weighted by Gasteiger charge is 2.13. The van der Waals surface area contributed by atoms with Crippen LogP contribution in [0.3, 0.4) is 0 Å². The van der Waals surface area contributed by atoms with Gasteiger partial charge >= 0.3 is 0 Å². The van der Waals surface area contributed by atoms with Gasteiger partial charge in [-0.15, -0.1) is 0 Å². The van der Waals surface area contributed by atoms with Crippen LogP contribution >= 0.6 is 0 Å². The van der Waals surface area contributed by atoms with Gasteiger partial charge in [0.2, 0.25) is 0 Å². The van der Waals surface area contributed by atoms with Gasteiger partial charge in [0.1, 0.15) is 11.6 Å². The SMILES string of the molecule is Nc1nccc2cc(CNC(=O)c3cncc(Cc4ccc(N5CCCC5)nc4)c3)ccc12. The lowest BCUT2D eigenvalue weighted by Gasteiger charge is -2.16. The van der Waals surface area contributed by atoms with E-state index >= 15 is 0 Å². The van der Waals surface area contributed by atoms with Crippen LogP contribution in [0.15, 0.2) is 67.3 Å². The van der Waals surface area contributed by atoms with Gasteiger partial charge in [0.15, 0.2) is 0 Å². The topological polar surface area (TPSA) is 97.0 Å². The van der Waals surface area contributed by atoms with Crippen molar-refractivity contribution >= 4 is 28.3 Å². The number of nitrogens with one attached hydrogen (secondary N) is 1. The van der Waals surface area contributed by atoms with Crippen molar-refractivity contribution in [3.05, 3.63) is 89.5 Å². The van der Waals surface area contributed by atoms with Crippen LogP contribution in [0.25, 0.3) is 10.8 Å². The molecular formula is C26H26N6O. The molecule has 0 spiro atoms. The number of rotatable bonds is 6. The van der Waals surface area contributed by atoms with Crippen molar-refractivity contribution in [3.8, 4) is 0 Å². The molecule has 1 saturated heterocycles.